The van der Waals surface area contributed by atoms with Gasteiger partial charge in [-0.3, -0.25) is 0 Å². The molecule has 0 aliphatic carbocycles. The minimum absolute atomic E-state index is 0.0428. The first kappa shape index (κ1) is 10.8. The molecule has 0 aromatic carbocycles. The van der Waals surface area contributed by atoms with E-state index in [9.17, 15) is 8.42 Å². The van der Waals surface area contributed by atoms with Gasteiger partial charge in [0, 0.05) is 6.54 Å². The number of sulfonamides is 1. The number of aliphatic hydroxyl groups excluding tert-OH is 1. The molecule has 0 saturated heterocycles. The second-order valence-corrected chi connectivity index (χ2v) is 3.84. The van der Waals surface area contributed by atoms with E-state index in [0.717, 1.165) is 6.26 Å². The second-order valence-electron chi connectivity index (χ2n) is 2.00. The molecule has 0 unspecified atom stereocenters. The van der Waals surface area contributed by atoms with Crippen LogP contribution < -0.4 is 4.72 Å². The summed E-state index contributed by atoms with van der Waals surface area (Å²) in [6.45, 7) is 0.733. The monoisotopic (exact) mass is 183 g/mol. The van der Waals surface area contributed by atoms with Gasteiger partial charge in [0.25, 0.3) is 0 Å². The Bertz CT molecular complexity index is 177. The van der Waals surface area contributed by atoms with Crippen molar-refractivity contribution in [3.8, 4) is 0 Å². The van der Waals surface area contributed by atoms with Gasteiger partial charge in [0.1, 0.15) is 0 Å². The van der Waals surface area contributed by atoms with Gasteiger partial charge in [0.05, 0.1) is 26.1 Å². The van der Waals surface area contributed by atoms with Crippen molar-refractivity contribution in [3.05, 3.63) is 0 Å². The number of aliphatic hydroxyl groups is 1. The summed E-state index contributed by atoms with van der Waals surface area (Å²) in [5.74, 6) is 0. The van der Waals surface area contributed by atoms with Crippen LogP contribution in [0.25, 0.3) is 0 Å². The molecule has 68 valence electrons. The van der Waals surface area contributed by atoms with Crippen molar-refractivity contribution in [1.29, 1.82) is 0 Å². The van der Waals surface area contributed by atoms with Crippen molar-refractivity contribution >= 4 is 10.0 Å². The molecule has 0 aromatic rings. The molecular weight excluding hydrogens is 170 g/mol. The molecule has 0 spiro atoms. The van der Waals surface area contributed by atoms with E-state index in [4.69, 9.17) is 9.84 Å². The Hall–Kier alpha value is -0.170. The van der Waals surface area contributed by atoms with Gasteiger partial charge in [0.2, 0.25) is 10.0 Å². The van der Waals surface area contributed by atoms with Crippen molar-refractivity contribution in [2.45, 2.75) is 0 Å². The summed E-state index contributed by atoms with van der Waals surface area (Å²) in [6.07, 6.45) is 1.08. The summed E-state index contributed by atoms with van der Waals surface area (Å²) in [4.78, 5) is 0. The maximum atomic E-state index is 10.4. The fourth-order valence-corrected chi connectivity index (χ4v) is 0.920. The van der Waals surface area contributed by atoms with Gasteiger partial charge in [-0.05, 0) is 0 Å². The van der Waals surface area contributed by atoms with E-state index in [2.05, 4.69) is 4.72 Å². The van der Waals surface area contributed by atoms with Gasteiger partial charge in [-0.1, -0.05) is 0 Å². The summed E-state index contributed by atoms with van der Waals surface area (Å²) < 4.78 is 27.9. The van der Waals surface area contributed by atoms with E-state index < -0.39 is 10.0 Å². The SMILES string of the molecule is CS(=O)(=O)NCCOCCO. The molecule has 6 heteroatoms. The maximum Gasteiger partial charge on any atom is 0.208 e. The van der Waals surface area contributed by atoms with Crippen molar-refractivity contribution in [1.82, 2.24) is 4.72 Å². The number of nitrogens with one attached hydrogen (secondary N) is 1. The quantitative estimate of drug-likeness (QED) is 0.494. The topological polar surface area (TPSA) is 75.6 Å². The molecule has 0 bridgehead atoms. The molecular formula is C5H13NO4S. The number of hydrogen-bond donors (Lipinski definition) is 2. The molecule has 5 nitrogen and oxygen atoms in total. The fourth-order valence-electron chi connectivity index (χ4n) is 0.466. The molecule has 0 aliphatic heterocycles. The fraction of sp³-hybridized carbons (Fsp3) is 1.00. The van der Waals surface area contributed by atoms with E-state index in [-0.39, 0.29) is 26.4 Å². The summed E-state index contributed by atoms with van der Waals surface area (Å²) in [5, 5.41) is 8.26. The Labute approximate surface area is 66.4 Å². The molecule has 0 atom stereocenters. The Morgan fingerprint density at radius 1 is 1.45 bits per heavy atom. The third-order valence-electron chi connectivity index (χ3n) is 0.846. The van der Waals surface area contributed by atoms with Crippen LogP contribution in [0.1, 0.15) is 0 Å². The van der Waals surface area contributed by atoms with Crippen LogP contribution in [0, 0.1) is 0 Å². The van der Waals surface area contributed by atoms with E-state index in [1.54, 1.807) is 0 Å². The van der Waals surface area contributed by atoms with Crippen molar-refractivity contribution < 1.29 is 18.3 Å². The lowest BCUT2D eigenvalue weighted by Crippen LogP contribution is -2.26. The average Bonchev–Trinajstić information content (AvgIpc) is 1.85. The highest BCUT2D eigenvalue weighted by atomic mass is 32.2. The Kier molecular flexibility index (Phi) is 5.39. The summed E-state index contributed by atoms with van der Waals surface area (Å²) in [6, 6.07) is 0. The zero-order valence-electron chi connectivity index (χ0n) is 6.41. The first-order valence-corrected chi connectivity index (χ1v) is 5.08. The molecule has 0 aromatic heterocycles. The van der Waals surface area contributed by atoms with Gasteiger partial charge in [-0.2, -0.15) is 0 Å². The van der Waals surface area contributed by atoms with E-state index in [0.29, 0.717) is 0 Å². The first-order chi connectivity index (χ1) is 5.06. The highest BCUT2D eigenvalue weighted by molar-refractivity contribution is 7.88. The summed E-state index contributed by atoms with van der Waals surface area (Å²) in [5.41, 5.74) is 0. The molecule has 0 heterocycles. The molecule has 0 radical (unpaired) electrons. The predicted octanol–water partition coefficient (Wildman–Crippen LogP) is -1.46. The lowest BCUT2D eigenvalue weighted by Gasteiger charge is -2.01. The van der Waals surface area contributed by atoms with Crippen LogP contribution in [-0.4, -0.2) is 46.1 Å². The normalized spacial score (nSPS) is 11.8. The minimum Gasteiger partial charge on any atom is -0.394 e. The summed E-state index contributed by atoms with van der Waals surface area (Å²) in [7, 11) is -3.10. The smallest absolute Gasteiger partial charge is 0.208 e. The maximum absolute atomic E-state index is 10.4. The third-order valence-corrected chi connectivity index (χ3v) is 1.57. The van der Waals surface area contributed by atoms with Gasteiger partial charge in [0.15, 0.2) is 0 Å². The van der Waals surface area contributed by atoms with Crippen LogP contribution in [0.2, 0.25) is 0 Å². The molecule has 0 fully saturated rings. The van der Waals surface area contributed by atoms with Crippen LogP contribution >= 0.6 is 0 Å². The number of ether oxygens (including phenoxy) is 1. The predicted molar refractivity (Wildman–Crippen MR) is 40.8 cm³/mol. The standard InChI is InChI=1S/C5H13NO4S/c1-11(8,9)6-2-4-10-5-3-7/h6-7H,2-5H2,1H3. The lowest BCUT2D eigenvalue weighted by atomic mass is 10.7. The van der Waals surface area contributed by atoms with E-state index in [1.165, 1.54) is 0 Å². The van der Waals surface area contributed by atoms with Crippen molar-refractivity contribution in [2.24, 2.45) is 0 Å². The van der Waals surface area contributed by atoms with E-state index in [1.807, 2.05) is 0 Å². The van der Waals surface area contributed by atoms with Gasteiger partial charge in [-0.15, -0.1) is 0 Å². The zero-order chi connectivity index (χ0) is 8.74. The highest BCUT2D eigenvalue weighted by Gasteiger charge is 1.97. The van der Waals surface area contributed by atoms with Crippen molar-refractivity contribution in [2.75, 3.05) is 32.6 Å². The van der Waals surface area contributed by atoms with Gasteiger partial charge < -0.3 is 9.84 Å². The Morgan fingerprint density at radius 3 is 2.55 bits per heavy atom. The largest absolute Gasteiger partial charge is 0.394 e. The molecule has 0 aliphatic rings. The second kappa shape index (κ2) is 5.48. The van der Waals surface area contributed by atoms with E-state index >= 15 is 0 Å². The van der Waals surface area contributed by atoms with Crippen LogP contribution in [0.15, 0.2) is 0 Å². The molecule has 0 amide bonds. The number of hydrogen-bond acceptors (Lipinski definition) is 4. The minimum atomic E-state index is -3.10. The average molecular weight is 183 g/mol. The zero-order valence-corrected chi connectivity index (χ0v) is 7.23. The Morgan fingerprint density at radius 2 is 2.09 bits per heavy atom. The lowest BCUT2D eigenvalue weighted by molar-refractivity contribution is 0.0961. The summed E-state index contributed by atoms with van der Waals surface area (Å²) >= 11 is 0. The van der Waals surface area contributed by atoms with Crippen LogP contribution in [-0.2, 0) is 14.8 Å². The van der Waals surface area contributed by atoms with Crippen molar-refractivity contribution in [3.63, 3.8) is 0 Å². The van der Waals surface area contributed by atoms with Gasteiger partial charge in [-0.25, -0.2) is 13.1 Å². The molecule has 0 rings (SSSR count). The third kappa shape index (κ3) is 9.83. The molecule has 0 saturated carbocycles. The molecule has 2 N–H and O–H groups in total. The van der Waals surface area contributed by atoms with Crippen LogP contribution in [0.5, 0.6) is 0 Å². The molecule has 11 heavy (non-hydrogen) atoms. The van der Waals surface area contributed by atoms with Gasteiger partial charge >= 0.3 is 0 Å². The highest BCUT2D eigenvalue weighted by Crippen LogP contribution is 1.75. The van der Waals surface area contributed by atoms with Crippen LogP contribution in [0.3, 0.4) is 0 Å². The first-order valence-electron chi connectivity index (χ1n) is 3.19. The van der Waals surface area contributed by atoms with Crippen LogP contribution in [0.4, 0.5) is 0 Å². The Balaban J connectivity index is 3.16. The number of rotatable bonds is 6.